The van der Waals surface area contributed by atoms with E-state index in [9.17, 15) is 18.4 Å². The van der Waals surface area contributed by atoms with Gasteiger partial charge in [0.25, 0.3) is 5.91 Å². The number of carbonyl (C=O) groups is 2. The summed E-state index contributed by atoms with van der Waals surface area (Å²) >= 11 is 0. The average Bonchev–Trinajstić information content (AvgIpc) is 2.54. The van der Waals surface area contributed by atoms with Crippen molar-refractivity contribution in [2.75, 3.05) is 6.61 Å². The molecule has 0 unspecified atom stereocenters. The zero-order valence-corrected chi connectivity index (χ0v) is 14.0. The van der Waals surface area contributed by atoms with Gasteiger partial charge in [-0.1, -0.05) is 38.2 Å². The minimum atomic E-state index is -2.97. The van der Waals surface area contributed by atoms with Crippen molar-refractivity contribution in [2.24, 2.45) is 0 Å². The maximum atomic E-state index is 12.2. The molecular formula is C18H23F2NO4. The van der Waals surface area contributed by atoms with E-state index >= 15 is 0 Å². The van der Waals surface area contributed by atoms with Crippen LogP contribution in [0.1, 0.15) is 55.3 Å². The van der Waals surface area contributed by atoms with E-state index < -0.39 is 19.2 Å². The highest BCUT2D eigenvalue weighted by atomic mass is 19.3. The fourth-order valence-electron chi connectivity index (χ4n) is 2.88. The fourth-order valence-corrected chi connectivity index (χ4v) is 2.88. The molecule has 2 rings (SSSR count). The monoisotopic (exact) mass is 355 g/mol. The van der Waals surface area contributed by atoms with Gasteiger partial charge in [-0.2, -0.15) is 8.78 Å². The molecule has 7 heteroatoms. The number of ether oxygens (including phenoxy) is 2. The summed E-state index contributed by atoms with van der Waals surface area (Å²) in [4.78, 5) is 23.9. The first-order valence-corrected chi connectivity index (χ1v) is 8.56. The van der Waals surface area contributed by atoms with E-state index in [4.69, 9.17) is 4.74 Å². The molecule has 0 aromatic heterocycles. The highest BCUT2D eigenvalue weighted by Gasteiger charge is 2.16. The Morgan fingerprint density at radius 2 is 1.80 bits per heavy atom. The average molecular weight is 355 g/mol. The van der Waals surface area contributed by atoms with Gasteiger partial charge >= 0.3 is 12.6 Å². The van der Waals surface area contributed by atoms with Gasteiger partial charge < -0.3 is 14.8 Å². The van der Waals surface area contributed by atoms with Crippen LogP contribution in [0.3, 0.4) is 0 Å². The molecule has 1 saturated carbocycles. The van der Waals surface area contributed by atoms with E-state index in [-0.39, 0.29) is 23.3 Å². The molecule has 0 radical (unpaired) electrons. The van der Waals surface area contributed by atoms with Gasteiger partial charge in [0, 0.05) is 6.04 Å². The quantitative estimate of drug-likeness (QED) is 0.791. The van der Waals surface area contributed by atoms with Crippen molar-refractivity contribution in [2.45, 2.75) is 57.6 Å². The third kappa shape index (κ3) is 7.07. The van der Waals surface area contributed by atoms with Gasteiger partial charge in [-0.3, -0.25) is 4.79 Å². The van der Waals surface area contributed by atoms with E-state index in [1.807, 2.05) is 0 Å². The summed E-state index contributed by atoms with van der Waals surface area (Å²) in [5, 5.41) is 2.89. The van der Waals surface area contributed by atoms with Gasteiger partial charge in [0.2, 0.25) is 0 Å². The minimum absolute atomic E-state index is 0.0527. The molecule has 0 heterocycles. The van der Waals surface area contributed by atoms with E-state index in [1.54, 1.807) is 0 Å². The number of rotatable bonds is 6. The summed E-state index contributed by atoms with van der Waals surface area (Å²) in [6, 6.07) is 5.40. The first-order chi connectivity index (χ1) is 12.0. The van der Waals surface area contributed by atoms with Gasteiger partial charge in [-0.05, 0) is 31.0 Å². The first kappa shape index (κ1) is 19.1. The van der Waals surface area contributed by atoms with Crippen LogP contribution in [0.25, 0.3) is 0 Å². The van der Waals surface area contributed by atoms with Crippen LogP contribution in [0, 0.1) is 0 Å². The van der Waals surface area contributed by atoms with Crippen molar-refractivity contribution in [1.29, 1.82) is 0 Å². The van der Waals surface area contributed by atoms with Crippen LogP contribution in [0.2, 0.25) is 0 Å². The number of amides is 1. The standard InChI is InChI=1S/C18H23F2NO4/c19-18(20)25-15-10-6-7-13(11-15)17(23)24-12-16(22)21-14-8-4-2-1-3-5-9-14/h6-7,10-11,14,18H,1-5,8-9,12H2,(H,21,22). The first-order valence-electron chi connectivity index (χ1n) is 8.56. The Kier molecular flexibility index (Phi) is 7.63. The van der Waals surface area contributed by atoms with Crippen molar-refractivity contribution in [3.8, 4) is 5.75 Å². The third-order valence-electron chi connectivity index (χ3n) is 4.10. The Labute approximate surface area is 145 Å². The second-order valence-electron chi connectivity index (χ2n) is 6.09. The van der Waals surface area contributed by atoms with Crippen molar-refractivity contribution in [3.63, 3.8) is 0 Å². The van der Waals surface area contributed by atoms with Crippen LogP contribution in [-0.2, 0) is 9.53 Å². The van der Waals surface area contributed by atoms with Crippen molar-refractivity contribution in [3.05, 3.63) is 29.8 Å². The summed E-state index contributed by atoms with van der Waals surface area (Å²) in [5.74, 6) is -1.24. The number of alkyl halides is 2. The molecule has 5 nitrogen and oxygen atoms in total. The van der Waals surface area contributed by atoms with E-state index in [0.717, 1.165) is 31.7 Å². The number of nitrogens with one attached hydrogen (secondary N) is 1. The number of carbonyl (C=O) groups excluding carboxylic acids is 2. The van der Waals surface area contributed by atoms with E-state index in [0.29, 0.717) is 0 Å². The Balaban J connectivity index is 1.79. The molecule has 25 heavy (non-hydrogen) atoms. The predicted molar refractivity (Wildman–Crippen MR) is 87.6 cm³/mol. The van der Waals surface area contributed by atoms with Crippen LogP contribution < -0.4 is 10.1 Å². The van der Waals surface area contributed by atoms with Gasteiger partial charge in [-0.15, -0.1) is 0 Å². The Bertz CT molecular complexity index is 572. The van der Waals surface area contributed by atoms with Crippen LogP contribution in [-0.4, -0.2) is 31.1 Å². The van der Waals surface area contributed by atoms with Crippen molar-refractivity contribution in [1.82, 2.24) is 5.32 Å². The van der Waals surface area contributed by atoms with Crippen LogP contribution in [0.4, 0.5) is 8.78 Å². The zero-order valence-electron chi connectivity index (χ0n) is 14.0. The lowest BCUT2D eigenvalue weighted by atomic mass is 9.97. The van der Waals surface area contributed by atoms with E-state index in [1.165, 1.54) is 37.5 Å². The highest BCUT2D eigenvalue weighted by molar-refractivity contribution is 5.91. The normalized spacial score (nSPS) is 16.0. The Hall–Kier alpha value is -2.18. The maximum Gasteiger partial charge on any atom is 0.387 e. The Morgan fingerprint density at radius 3 is 2.48 bits per heavy atom. The molecule has 1 N–H and O–H groups in total. The van der Waals surface area contributed by atoms with Gasteiger partial charge in [0.05, 0.1) is 5.56 Å². The molecule has 1 aliphatic carbocycles. The fraction of sp³-hybridized carbons (Fsp3) is 0.556. The lowest BCUT2D eigenvalue weighted by molar-refractivity contribution is -0.125. The summed E-state index contributed by atoms with van der Waals surface area (Å²) in [6.07, 6.45) is 7.64. The lowest BCUT2D eigenvalue weighted by Gasteiger charge is -2.20. The molecule has 1 aromatic rings. The Morgan fingerprint density at radius 1 is 1.12 bits per heavy atom. The molecule has 138 valence electrons. The van der Waals surface area contributed by atoms with Gasteiger partial charge in [-0.25, -0.2) is 4.79 Å². The molecule has 1 aliphatic rings. The molecule has 0 spiro atoms. The molecule has 0 aliphatic heterocycles. The smallest absolute Gasteiger partial charge is 0.387 e. The SMILES string of the molecule is O=C(COC(=O)c1cccc(OC(F)F)c1)NC1CCCCCCC1. The molecule has 1 fully saturated rings. The molecule has 1 amide bonds. The van der Waals surface area contributed by atoms with Crippen LogP contribution in [0.15, 0.2) is 24.3 Å². The predicted octanol–water partition coefficient (Wildman–Crippen LogP) is 3.67. The van der Waals surface area contributed by atoms with Crippen LogP contribution >= 0.6 is 0 Å². The summed E-state index contributed by atoms with van der Waals surface area (Å²) in [7, 11) is 0. The lowest BCUT2D eigenvalue weighted by Crippen LogP contribution is -2.38. The molecule has 0 atom stereocenters. The second kappa shape index (κ2) is 9.96. The molecule has 1 aromatic carbocycles. The molecule has 0 bridgehead atoms. The summed E-state index contributed by atoms with van der Waals surface area (Å²) in [6.45, 7) is -3.37. The topological polar surface area (TPSA) is 64.6 Å². The minimum Gasteiger partial charge on any atom is -0.452 e. The second-order valence-corrected chi connectivity index (χ2v) is 6.09. The number of hydrogen-bond acceptors (Lipinski definition) is 4. The molecular weight excluding hydrogens is 332 g/mol. The van der Waals surface area contributed by atoms with Crippen LogP contribution in [0.5, 0.6) is 5.75 Å². The van der Waals surface area contributed by atoms with E-state index in [2.05, 4.69) is 10.1 Å². The van der Waals surface area contributed by atoms with Crippen molar-refractivity contribution >= 4 is 11.9 Å². The summed E-state index contributed by atoms with van der Waals surface area (Å²) in [5.41, 5.74) is 0.0527. The third-order valence-corrected chi connectivity index (χ3v) is 4.10. The largest absolute Gasteiger partial charge is 0.452 e. The number of hydrogen-bond donors (Lipinski definition) is 1. The van der Waals surface area contributed by atoms with Gasteiger partial charge in [0.1, 0.15) is 5.75 Å². The van der Waals surface area contributed by atoms with Gasteiger partial charge in [0.15, 0.2) is 6.61 Å². The highest BCUT2D eigenvalue weighted by Crippen LogP contribution is 2.18. The number of esters is 1. The summed E-state index contributed by atoms with van der Waals surface area (Å²) < 4.78 is 33.6. The zero-order chi connectivity index (χ0) is 18.1. The maximum absolute atomic E-state index is 12.2. The van der Waals surface area contributed by atoms with Crippen molar-refractivity contribution < 1.29 is 27.8 Å². The molecule has 0 saturated heterocycles. The number of halogens is 2. The number of benzene rings is 1.